The maximum atomic E-state index is 14.0. The van der Waals surface area contributed by atoms with Crippen molar-refractivity contribution in [3.8, 4) is 39.3 Å². The molecule has 55 heavy (non-hydrogen) atoms. The highest BCUT2D eigenvalue weighted by Crippen LogP contribution is 2.55. The molecule has 1 spiro atoms. The standard InChI is InChI=1S/C47H29N5O2S/c1-26-42(28-20-21-32-31-13-5-8-19-40(31)55(53,54)41(32)25-28)27(2)52-47-43-37(17-9-18-39(43)51(26)52)49-35-15-6-3-11-29(35)33-22-23-38(44(47)45(33)49)50-36-16-7-4-12-30(36)34-14-10-24-48(47)46(34)50/h3-25H,1-2H3/q+2. The third-order valence-corrected chi connectivity index (χ3v) is 14.9. The van der Waals surface area contributed by atoms with Gasteiger partial charge in [0.05, 0.1) is 49.4 Å². The molecule has 0 aliphatic carbocycles. The van der Waals surface area contributed by atoms with E-state index in [2.05, 4.69) is 140 Å². The smallest absolute Gasteiger partial charge is 0.307 e. The number of aromatic nitrogens is 5. The van der Waals surface area contributed by atoms with Crippen molar-refractivity contribution in [3.05, 3.63) is 162 Å². The summed E-state index contributed by atoms with van der Waals surface area (Å²) in [5.74, 6) is 0. The predicted molar refractivity (Wildman–Crippen MR) is 212 cm³/mol. The molecule has 14 rings (SSSR count). The van der Waals surface area contributed by atoms with Gasteiger partial charge >= 0.3 is 11.3 Å². The monoisotopic (exact) mass is 727 g/mol. The molecule has 0 fully saturated rings. The van der Waals surface area contributed by atoms with E-state index in [1.54, 1.807) is 12.1 Å². The van der Waals surface area contributed by atoms with Crippen molar-refractivity contribution in [2.24, 2.45) is 0 Å². The molecule has 8 heterocycles. The number of fused-ring (bicyclic) bond motifs is 13. The van der Waals surface area contributed by atoms with E-state index in [9.17, 15) is 8.42 Å². The van der Waals surface area contributed by atoms with Crippen molar-refractivity contribution in [2.45, 2.75) is 29.3 Å². The van der Waals surface area contributed by atoms with Crippen molar-refractivity contribution in [1.29, 1.82) is 0 Å². The number of pyridine rings is 1. The Labute approximate surface area is 314 Å². The Balaban J connectivity index is 1.19. The molecular weight excluding hydrogens is 699 g/mol. The first-order valence-corrected chi connectivity index (χ1v) is 20.2. The van der Waals surface area contributed by atoms with E-state index in [1.165, 1.54) is 54.9 Å². The van der Waals surface area contributed by atoms with Crippen LogP contribution in [0.2, 0.25) is 0 Å². The molecule has 4 aromatic heterocycles. The van der Waals surface area contributed by atoms with Gasteiger partial charge in [-0.15, -0.1) is 4.68 Å². The number of hydrogen-bond donors (Lipinski definition) is 0. The lowest BCUT2D eigenvalue weighted by molar-refractivity contribution is -0.989. The van der Waals surface area contributed by atoms with Crippen LogP contribution in [0.1, 0.15) is 22.5 Å². The van der Waals surface area contributed by atoms with E-state index >= 15 is 0 Å². The topological polar surface area (TPSA) is 56.7 Å². The first-order valence-electron chi connectivity index (χ1n) is 18.7. The fourth-order valence-electron chi connectivity index (χ4n) is 11.2. The number of rotatable bonds is 1. The van der Waals surface area contributed by atoms with Crippen molar-refractivity contribution < 1.29 is 17.7 Å². The number of benzene rings is 6. The van der Waals surface area contributed by atoms with Crippen LogP contribution in [0.3, 0.4) is 0 Å². The molecule has 0 amide bonds. The largest absolute Gasteiger partial charge is 0.394 e. The maximum absolute atomic E-state index is 14.0. The number of sulfone groups is 1. The minimum atomic E-state index is -3.66. The van der Waals surface area contributed by atoms with E-state index in [0.717, 1.165) is 50.7 Å². The molecule has 1 atom stereocenters. The average Bonchev–Trinajstić information content (AvgIpc) is 3.96. The van der Waals surface area contributed by atoms with Crippen molar-refractivity contribution in [3.63, 3.8) is 0 Å². The zero-order valence-corrected chi connectivity index (χ0v) is 30.6. The Kier molecular flexibility index (Phi) is 4.67. The van der Waals surface area contributed by atoms with Crippen LogP contribution in [-0.2, 0) is 15.5 Å². The van der Waals surface area contributed by atoms with E-state index in [1.807, 2.05) is 24.3 Å². The summed E-state index contributed by atoms with van der Waals surface area (Å²) >= 11 is 0. The van der Waals surface area contributed by atoms with Gasteiger partial charge in [0.15, 0.2) is 5.69 Å². The van der Waals surface area contributed by atoms with Gasteiger partial charge in [-0.05, 0) is 79.2 Å². The fourth-order valence-corrected chi connectivity index (χ4v) is 13.0. The Morgan fingerprint density at radius 1 is 0.582 bits per heavy atom. The van der Waals surface area contributed by atoms with E-state index < -0.39 is 15.5 Å². The second-order valence-electron chi connectivity index (χ2n) is 15.4. The molecule has 0 saturated heterocycles. The first-order chi connectivity index (χ1) is 26.9. The highest BCUT2D eigenvalue weighted by atomic mass is 32.2. The summed E-state index contributed by atoms with van der Waals surface area (Å²) in [6, 6.07) is 46.7. The highest BCUT2D eigenvalue weighted by Gasteiger charge is 2.69. The maximum Gasteiger partial charge on any atom is 0.394 e. The van der Waals surface area contributed by atoms with Gasteiger partial charge in [0, 0.05) is 34.2 Å². The van der Waals surface area contributed by atoms with Crippen LogP contribution in [0.4, 0.5) is 0 Å². The fraction of sp³-hybridized carbons (Fsp3) is 0.0638. The van der Waals surface area contributed by atoms with Crippen LogP contribution in [0, 0.1) is 13.8 Å². The first kappa shape index (κ1) is 28.7. The molecule has 4 aliphatic rings. The number of para-hydroxylation sites is 2. The van der Waals surface area contributed by atoms with Gasteiger partial charge in [-0.3, -0.25) is 0 Å². The molecule has 8 heteroatoms. The molecule has 0 N–H and O–H groups in total. The van der Waals surface area contributed by atoms with E-state index in [0.29, 0.717) is 9.79 Å². The van der Waals surface area contributed by atoms with Crippen LogP contribution < -0.4 is 9.25 Å². The van der Waals surface area contributed by atoms with Gasteiger partial charge in [-0.25, -0.2) is 8.42 Å². The lowest BCUT2D eigenvalue weighted by Crippen LogP contribution is -2.77. The summed E-state index contributed by atoms with van der Waals surface area (Å²) in [6.07, 6.45) is 2.27. The third kappa shape index (κ3) is 2.85. The second kappa shape index (κ2) is 8.94. The van der Waals surface area contributed by atoms with E-state index in [-0.39, 0.29) is 0 Å². The van der Waals surface area contributed by atoms with Crippen molar-refractivity contribution in [1.82, 2.24) is 13.8 Å². The molecule has 10 aromatic rings. The Morgan fingerprint density at radius 3 is 2.13 bits per heavy atom. The van der Waals surface area contributed by atoms with Gasteiger partial charge in [0.25, 0.3) is 0 Å². The van der Waals surface area contributed by atoms with Crippen molar-refractivity contribution in [2.75, 3.05) is 0 Å². The summed E-state index contributed by atoms with van der Waals surface area (Å²) < 4.78 is 40.4. The second-order valence-corrected chi connectivity index (χ2v) is 17.3. The molecule has 0 bridgehead atoms. The molecule has 6 aromatic carbocycles. The van der Waals surface area contributed by atoms with Crippen LogP contribution >= 0.6 is 0 Å². The van der Waals surface area contributed by atoms with Crippen LogP contribution in [0.25, 0.3) is 83.1 Å². The van der Waals surface area contributed by atoms with Crippen LogP contribution in [-0.4, -0.2) is 22.2 Å². The minimum absolute atomic E-state index is 0.373. The Bertz CT molecular complexity index is 3660. The van der Waals surface area contributed by atoms with Crippen molar-refractivity contribution >= 4 is 53.6 Å². The summed E-state index contributed by atoms with van der Waals surface area (Å²) in [4.78, 5) is 0.753. The minimum Gasteiger partial charge on any atom is -0.307 e. The van der Waals surface area contributed by atoms with Gasteiger partial charge in [0.2, 0.25) is 15.5 Å². The Morgan fingerprint density at radius 2 is 1.27 bits per heavy atom. The van der Waals surface area contributed by atoms with Gasteiger partial charge < -0.3 is 4.57 Å². The lowest BCUT2D eigenvalue weighted by atomic mass is 9.82. The average molecular weight is 728 g/mol. The summed E-state index contributed by atoms with van der Waals surface area (Å²) in [7, 11) is -3.66. The lowest BCUT2D eigenvalue weighted by Gasteiger charge is -2.33. The summed E-state index contributed by atoms with van der Waals surface area (Å²) in [5.41, 5.74) is 15.4. The van der Waals surface area contributed by atoms with Gasteiger partial charge in [-0.1, -0.05) is 71.4 Å². The third-order valence-electron chi connectivity index (χ3n) is 13.1. The molecule has 258 valence electrons. The molecule has 0 saturated carbocycles. The van der Waals surface area contributed by atoms with E-state index in [4.69, 9.17) is 0 Å². The molecular formula is C47H29N5O2S+2. The Hall–Kier alpha value is -6.77. The predicted octanol–water partition coefficient (Wildman–Crippen LogP) is 8.58. The van der Waals surface area contributed by atoms with Crippen LogP contribution in [0.5, 0.6) is 0 Å². The molecule has 7 nitrogen and oxygen atoms in total. The molecule has 0 radical (unpaired) electrons. The summed E-state index contributed by atoms with van der Waals surface area (Å²) in [5, 5.41) is 4.87. The molecule has 1 unspecified atom stereocenters. The molecule has 4 aliphatic heterocycles. The zero-order chi connectivity index (χ0) is 36.3. The number of nitrogens with zero attached hydrogens (tertiary/aromatic N) is 5. The highest BCUT2D eigenvalue weighted by molar-refractivity contribution is 7.92. The van der Waals surface area contributed by atoms with Gasteiger partial charge in [0.1, 0.15) is 22.3 Å². The van der Waals surface area contributed by atoms with Crippen LogP contribution in [0.15, 0.2) is 149 Å². The zero-order valence-electron chi connectivity index (χ0n) is 29.7. The summed E-state index contributed by atoms with van der Waals surface area (Å²) in [6.45, 7) is 4.40. The SMILES string of the molecule is Cc1c(-c2ccc3c(c2)S(=O)(=O)c2ccccc2-3)c(C)[n+]2n1-c1cccc3c1C21c2c(ccc4c5ccccc5n-3c24)-n2c3ccccc3c3ccc[n+]1c32. The number of hydrogen-bond acceptors (Lipinski definition) is 2. The normalized spacial score (nSPS) is 17.3. The van der Waals surface area contributed by atoms with Gasteiger partial charge in [-0.2, -0.15) is 9.13 Å². The quantitative estimate of drug-likeness (QED) is 0.159.